The molecule has 1 aliphatic rings. The fourth-order valence-corrected chi connectivity index (χ4v) is 3.08. The van der Waals surface area contributed by atoms with E-state index in [9.17, 15) is 9.90 Å². The highest BCUT2D eigenvalue weighted by atomic mass is 16.5. The van der Waals surface area contributed by atoms with Gasteiger partial charge in [0.05, 0.1) is 19.6 Å². The van der Waals surface area contributed by atoms with Gasteiger partial charge in [-0.05, 0) is 28.3 Å². The molecule has 0 amide bonds. The molecule has 1 saturated heterocycles. The van der Waals surface area contributed by atoms with Crippen molar-refractivity contribution in [3.8, 4) is 0 Å². The van der Waals surface area contributed by atoms with E-state index >= 15 is 0 Å². The zero-order valence-electron chi connectivity index (χ0n) is 12.6. The van der Waals surface area contributed by atoms with Crippen molar-refractivity contribution >= 4 is 16.7 Å². The average Bonchev–Trinajstić information content (AvgIpc) is 2.54. The van der Waals surface area contributed by atoms with E-state index < -0.39 is 5.97 Å². The highest BCUT2D eigenvalue weighted by Gasteiger charge is 2.14. The van der Waals surface area contributed by atoms with Gasteiger partial charge >= 0.3 is 5.97 Å². The highest BCUT2D eigenvalue weighted by Crippen LogP contribution is 2.24. The van der Waals surface area contributed by atoms with E-state index in [0.717, 1.165) is 61.2 Å². The minimum Gasteiger partial charge on any atom is -0.481 e. The Bertz CT molecular complexity index is 662. The first-order valence-corrected chi connectivity index (χ1v) is 7.75. The molecule has 4 heteroatoms. The van der Waals surface area contributed by atoms with Crippen LogP contribution in [0.4, 0.5) is 0 Å². The standard InChI is InChI=1S/C18H21NO3/c20-18(21)13-17-15(7-8-19-9-11-22-12-10-19)6-5-14-3-1-2-4-16(14)17/h1-6H,7-13H2,(H,20,21). The summed E-state index contributed by atoms with van der Waals surface area (Å²) in [6.45, 7) is 4.46. The second-order valence-electron chi connectivity index (χ2n) is 5.70. The van der Waals surface area contributed by atoms with Gasteiger partial charge in [0.25, 0.3) is 0 Å². The molecule has 0 aliphatic carbocycles. The van der Waals surface area contributed by atoms with Gasteiger partial charge < -0.3 is 9.84 Å². The van der Waals surface area contributed by atoms with Crippen LogP contribution in [0.25, 0.3) is 10.8 Å². The Labute approximate surface area is 130 Å². The van der Waals surface area contributed by atoms with Crippen LogP contribution in [0, 0.1) is 0 Å². The fraction of sp³-hybridized carbons (Fsp3) is 0.389. The molecule has 0 unspecified atom stereocenters. The lowest BCUT2D eigenvalue weighted by atomic mass is 9.94. The number of benzene rings is 2. The summed E-state index contributed by atoms with van der Waals surface area (Å²) < 4.78 is 5.37. The van der Waals surface area contributed by atoms with Crippen molar-refractivity contribution in [2.45, 2.75) is 12.8 Å². The smallest absolute Gasteiger partial charge is 0.307 e. The number of carboxylic acids is 1. The summed E-state index contributed by atoms with van der Waals surface area (Å²) >= 11 is 0. The molecular weight excluding hydrogens is 278 g/mol. The number of fused-ring (bicyclic) bond motifs is 1. The first kappa shape index (κ1) is 15.0. The molecule has 2 aromatic carbocycles. The number of morpholine rings is 1. The lowest BCUT2D eigenvalue weighted by molar-refractivity contribution is -0.136. The molecule has 1 N–H and O–H groups in total. The molecule has 0 bridgehead atoms. The maximum Gasteiger partial charge on any atom is 0.307 e. The number of carboxylic acid groups (broad SMARTS) is 1. The molecule has 0 saturated carbocycles. The van der Waals surface area contributed by atoms with Crippen LogP contribution in [-0.4, -0.2) is 48.8 Å². The molecule has 0 aromatic heterocycles. The van der Waals surface area contributed by atoms with Gasteiger partial charge in [-0.3, -0.25) is 9.69 Å². The van der Waals surface area contributed by atoms with Crippen molar-refractivity contribution in [3.05, 3.63) is 47.5 Å². The molecule has 4 nitrogen and oxygen atoms in total. The van der Waals surface area contributed by atoms with Crippen LogP contribution in [0.2, 0.25) is 0 Å². The summed E-state index contributed by atoms with van der Waals surface area (Å²) in [6.07, 6.45) is 0.966. The van der Waals surface area contributed by atoms with Crippen LogP contribution in [0.1, 0.15) is 11.1 Å². The molecular formula is C18H21NO3. The average molecular weight is 299 g/mol. The molecule has 22 heavy (non-hydrogen) atoms. The molecule has 0 atom stereocenters. The normalized spacial score (nSPS) is 16.0. The largest absolute Gasteiger partial charge is 0.481 e. The van der Waals surface area contributed by atoms with E-state index in [1.54, 1.807) is 0 Å². The minimum atomic E-state index is -0.774. The topological polar surface area (TPSA) is 49.8 Å². The van der Waals surface area contributed by atoms with Crippen LogP contribution >= 0.6 is 0 Å². The number of carbonyl (C=O) groups is 1. The summed E-state index contributed by atoms with van der Waals surface area (Å²) in [4.78, 5) is 13.6. The van der Waals surface area contributed by atoms with E-state index in [2.05, 4.69) is 17.0 Å². The lowest BCUT2D eigenvalue weighted by Gasteiger charge is -2.26. The van der Waals surface area contributed by atoms with Gasteiger partial charge in [-0.25, -0.2) is 0 Å². The van der Waals surface area contributed by atoms with E-state index in [4.69, 9.17) is 4.74 Å². The zero-order chi connectivity index (χ0) is 15.4. The van der Waals surface area contributed by atoms with Crippen molar-refractivity contribution in [2.75, 3.05) is 32.8 Å². The van der Waals surface area contributed by atoms with Gasteiger partial charge in [-0.1, -0.05) is 36.4 Å². The Morgan fingerprint density at radius 2 is 1.91 bits per heavy atom. The molecule has 1 aliphatic heterocycles. The van der Waals surface area contributed by atoms with Crippen molar-refractivity contribution in [1.29, 1.82) is 0 Å². The number of aliphatic carboxylic acids is 1. The number of nitrogens with zero attached hydrogens (tertiary/aromatic N) is 1. The summed E-state index contributed by atoms with van der Waals surface area (Å²) in [6, 6.07) is 12.2. The number of hydrogen-bond acceptors (Lipinski definition) is 3. The Kier molecular flexibility index (Phi) is 4.71. The second-order valence-corrected chi connectivity index (χ2v) is 5.70. The van der Waals surface area contributed by atoms with Gasteiger partial charge in [0.2, 0.25) is 0 Å². The molecule has 2 aromatic rings. The lowest BCUT2D eigenvalue weighted by Crippen LogP contribution is -2.37. The Morgan fingerprint density at radius 1 is 1.14 bits per heavy atom. The van der Waals surface area contributed by atoms with Crippen molar-refractivity contribution in [3.63, 3.8) is 0 Å². The molecule has 1 fully saturated rings. The summed E-state index contributed by atoms with van der Waals surface area (Å²) in [5.41, 5.74) is 2.10. The van der Waals surface area contributed by atoms with Crippen molar-refractivity contribution in [2.24, 2.45) is 0 Å². The van der Waals surface area contributed by atoms with Gasteiger partial charge in [0.15, 0.2) is 0 Å². The van der Waals surface area contributed by atoms with E-state index in [0.29, 0.717) is 0 Å². The van der Waals surface area contributed by atoms with Gasteiger partial charge in [-0.2, -0.15) is 0 Å². The molecule has 0 spiro atoms. The van der Waals surface area contributed by atoms with Crippen molar-refractivity contribution in [1.82, 2.24) is 4.90 Å². The van der Waals surface area contributed by atoms with Crippen LogP contribution in [0.3, 0.4) is 0 Å². The summed E-state index contributed by atoms with van der Waals surface area (Å²) in [7, 11) is 0. The predicted octanol–water partition coefficient (Wildman–Crippen LogP) is 2.34. The highest BCUT2D eigenvalue weighted by molar-refractivity contribution is 5.89. The molecule has 3 rings (SSSR count). The molecule has 0 radical (unpaired) electrons. The number of hydrogen-bond donors (Lipinski definition) is 1. The first-order valence-electron chi connectivity index (χ1n) is 7.75. The third kappa shape index (κ3) is 3.46. The summed E-state index contributed by atoms with van der Waals surface area (Å²) in [5.74, 6) is -0.774. The third-order valence-corrected chi connectivity index (χ3v) is 4.27. The SMILES string of the molecule is O=C(O)Cc1c(CCN2CCOCC2)ccc2ccccc12. The molecule has 1 heterocycles. The van der Waals surface area contributed by atoms with Gasteiger partial charge in [0.1, 0.15) is 0 Å². The minimum absolute atomic E-state index is 0.0831. The maximum absolute atomic E-state index is 11.2. The van der Waals surface area contributed by atoms with E-state index in [1.165, 1.54) is 0 Å². The Morgan fingerprint density at radius 3 is 2.68 bits per heavy atom. The van der Waals surface area contributed by atoms with Gasteiger partial charge in [0, 0.05) is 19.6 Å². The quantitative estimate of drug-likeness (QED) is 0.920. The monoisotopic (exact) mass is 299 g/mol. The fourth-order valence-electron chi connectivity index (χ4n) is 3.08. The van der Waals surface area contributed by atoms with Crippen molar-refractivity contribution < 1.29 is 14.6 Å². The number of rotatable bonds is 5. The maximum atomic E-state index is 11.2. The first-order chi connectivity index (χ1) is 10.7. The zero-order valence-corrected chi connectivity index (χ0v) is 12.6. The Balaban J connectivity index is 1.85. The van der Waals surface area contributed by atoms with Crippen LogP contribution in [0.5, 0.6) is 0 Å². The van der Waals surface area contributed by atoms with Gasteiger partial charge in [-0.15, -0.1) is 0 Å². The Hall–Kier alpha value is -1.91. The molecule has 116 valence electrons. The van der Waals surface area contributed by atoms with E-state index in [1.807, 2.05) is 24.3 Å². The predicted molar refractivity (Wildman–Crippen MR) is 86.3 cm³/mol. The van der Waals surface area contributed by atoms with Crippen LogP contribution in [0.15, 0.2) is 36.4 Å². The number of ether oxygens (including phenoxy) is 1. The van der Waals surface area contributed by atoms with Crippen LogP contribution in [-0.2, 0) is 22.4 Å². The second kappa shape index (κ2) is 6.90. The van der Waals surface area contributed by atoms with Crippen LogP contribution < -0.4 is 0 Å². The van der Waals surface area contributed by atoms with E-state index in [-0.39, 0.29) is 6.42 Å². The summed E-state index contributed by atoms with van der Waals surface area (Å²) in [5, 5.41) is 11.4. The third-order valence-electron chi connectivity index (χ3n) is 4.27.